The first-order valence-electron chi connectivity index (χ1n) is 6.28. The highest BCUT2D eigenvalue weighted by atomic mass is 32.1. The van der Waals surface area contributed by atoms with E-state index in [1.165, 1.54) is 11.3 Å². The molecule has 2 N–H and O–H groups in total. The fraction of sp³-hybridized carbons (Fsp3) is 0.615. The van der Waals surface area contributed by atoms with Gasteiger partial charge in [0.15, 0.2) is 0 Å². The number of thiophene rings is 1. The number of nitrogens with one attached hydrogen (secondary N) is 1. The van der Waals surface area contributed by atoms with Crippen molar-refractivity contribution in [1.82, 2.24) is 5.32 Å². The number of hydrogen-bond acceptors (Lipinski definition) is 4. The lowest BCUT2D eigenvalue weighted by molar-refractivity contribution is 0.0913. The molecule has 0 saturated heterocycles. The lowest BCUT2D eigenvalue weighted by Crippen LogP contribution is -2.31. The summed E-state index contributed by atoms with van der Waals surface area (Å²) >= 11 is 1.39. The highest BCUT2D eigenvalue weighted by molar-refractivity contribution is 7.12. The standard InChI is InChI=1S/C13H19NO3S/c1-17-11-6-12(18-8-11)13(16)14-7-9-2-4-10(15)5-3-9/h6,8-10,15H,2-5,7H2,1H3,(H,14,16). The Balaban J connectivity index is 1.77. The molecule has 1 aromatic rings. The monoisotopic (exact) mass is 269 g/mol. The summed E-state index contributed by atoms with van der Waals surface area (Å²) in [4.78, 5) is 12.6. The molecule has 4 nitrogen and oxygen atoms in total. The molecular formula is C13H19NO3S. The molecule has 1 aromatic heterocycles. The Bertz CT molecular complexity index is 397. The second-order valence-electron chi connectivity index (χ2n) is 4.74. The van der Waals surface area contributed by atoms with E-state index in [9.17, 15) is 9.90 Å². The van der Waals surface area contributed by atoms with E-state index < -0.39 is 0 Å². The van der Waals surface area contributed by atoms with Gasteiger partial charge in [-0.1, -0.05) is 0 Å². The number of ether oxygens (including phenoxy) is 1. The van der Waals surface area contributed by atoms with Gasteiger partial charge in [-0.25, -0.2) is 0 Å². The van der Waals surface area contributed by atoms with Gasteiger partial charge in [0.2, 0.25) is 0 Å². The maximum atomic E-state index is 11.9. The van der Waals surface area contributed by atoms with E-state index in [4.69, 9.17) is 4.74 Å². The van der Waals surface area contributed by atoms with Crippen molar-refractivity contribution in [2.75, 3.05) is 13.7 Å². The highest BCUT2D eigenvalue weighted by Crippen LogP contribution is 2.24. The minimum Gasteiger partial charge on any atom is -0.496 e. The zero-order chi connectivity index (χ0) is 13.0. The summed E-state index contributed by atoms with van der Waals surface area (Å²) in [5.74, 6) is 1.19. The van der Waals surface area contributed by atoms with Crippen LogP contribution >= 0.6 is 11.3 Å². The van der Waals surface area contributed by atoms with Crippen LogP contribution in [0.5, 0.6) is 5.75 Å². The number of hydrogen-bond donors (Lipinski definition) is 2. The summed E-state index contributed by atoms with van der Waals surface area (Å²) in [6, 6.07) is 1.75. The fourth-order valence-corrected chi connectivity index (χ4v) is 2.99. The topological polar surface area (TPSA) is 58.6 Å². The van der Waals surface area contributed by atoms with E-state index in [-0.39, 0.29) is 12.0 Å². The molecule has 0 radical (unpaired) electrons. The molecule has 1 saturated carbocycles. The second-order valence-corrected chi connectivity index (χ2v) is 5.65. The number of methoxy groups -OCH3 is 1. The van der Waals surface area contributed by atoms with Crippen LogP contribution in [0.4, 0.5) is 0 Å². The number of amides is 1. The molecule has 18 heavy (non-hydrogen) atoms. The molecule has 0 bridgehead atoms. The Morgan fingerprint density at radius 2 is 2.22 bits per heavy atom. The first kappa shape index (κ1) is 13.4. The molecule has 0 aliphatic heterocycles. The first-order chi connectivity index (χ1) is 8.69. The number of carbonyl (C=O) groups is 1. The van der Waals surface area contributed by atoms with E-state index in [0.717, 1.165) is 31.4 Å². The average molecular weight is 269 g/mol. The molecule has 0 atom stereocenters. The lowest BCUT2D eigenvalue weighted by Gasteiger charge is -2.25. The van der Waals surface area contributed by atoms with Crippen LogP contribution in [0.2, 0.25) is 0 Å². The molecule has 1 aliphatic carbocycles. The molecule has 1 aliphatic rings. The van der Waals surface area contributed by atoms with Crippen LogP contribution in [0.25, 0.3) is 0 Å². The Morgan fingerprint density at radius 3 is 2.83 bits per heavy atom. The summed E-state index contributed by atoms with van der Waals surface area (Å²) in [5, 5.41) is 14.2. The Kier molecular flexibility index (Phi) is 4.60. The maximum absolute atomic E-state index is 11.9. The van der Waals surface area contributed by atoms with Crippen molar-refractivity contribution in [3.63, 3.8) is 0 Å². The van der Waals surface area contributed by atoms with Gasteiger partial charge in [0.05, 0.1) is 18.1 Å². The minimum absolute atomic E-state index is 0.0329. The van der Waals surface area contributed by atoms with E-state index >= 15 is 0 Å². The molecule has 1 amide bonds. The van der Waals surface area contributed by atoms with E-state index in [2.05, 4.69) is 5.32 Å². The molecule has 0 spiro atoms. The Hall–Kier alpha value is -1.07. The number of carbonyl (C=O) groups excluding carboxylic acids is 1. The zero-order valence-corrected chi connectivity index (χ0v) is 11.3. The Labute approximate surface area is 111 Å². The second kappa shape index (κ2) is 6.20. The average Bonchev–Trinajstić information content (AvgIpc) is 2.86. The largest absolute Gasteiger partial charge is 0.496 e. The minimum atomic E-state index is -0.140. The van der Waals surface area contributed by atoms with E-state index in [0.29, 0.717) is 17.3 Å². The highest BCUT2D eigenvalue weighted by Gasteiger charge is 2.20. The SMILES string of the molecule is COc1csc(C(=O)NCC2CCC(O)CC2)c1. The summed E-state index contributed by atoms with van der Waals surface area (Å²) < 4.78 is 5.05. The van der Waals surface area contributed by atoms with Gasteiger partial charge in [-0.15, -0.1) is 11.3 Å². The first-order valence-corrected chi connectivity index (χ1v) is 7.15. The van der Waals surface area contributed by atoms with Gasteiger partial charge in [-0.2, -0.15) is 0 Å². The molecule has 0 aromatic carbocycles. The molecule has 1 heterocycles. The predicted molar refractivity (Wildman–Crippen MR) is 71.2 cm³/mol. The van der Waals surface area contributed by atoms with Crippen LogP contribution in [-0.2, 0) is 0 Å². The van der Waals surface area contributed by atoms with Gasteiger partial charge in [0.25, 0.3) is 5.91 Å². The van der Waals surface area contributed by atoms with Crippen molar-refractivity contribution in [3.05, 3.63) is 16.3 Å². The van der Waals surface area contributed by atoms with Gasteiger partial charge < -0.3 is 15.2 Å². The van der Waals surface area contributed by atoms with Crippen molar-refractivity contribution in [2.45, 2.75) is 31.8 Å². The summed E-state index contributed by atoms with van der Waals surface area (Å²) in [7, 11) is 1.59. The molecule has 5 heteroatoms. The maximum Gasteiger partial charge on any atom is 0.261 e. The quantitative estimate of drug-likeness (QED) is 0.879. The predicted octanol–water partition coefficient (Wildman–Crippen LogP) is 2.04. The van der Waals surface area contributed by atoms with Crippen LogP contribution in [0.3, 0.4) is 0 Å². The van der Waals surface area contributed by atoms with Crippen molar-refractivity contribution in [1.29, 1.82) is 0 Å². The van der Waals surface area contributed by atoms with Crippen LogP contribution in [0, 0.1) is 5.92 Å². The van der Waals surface area contributed by atoms with Crippen molar-refractivity contribution in [3.8, 4) is 5.75 Å². The number of rotatable bonds is 4. The van der Waals surface area contributed by atoms with E-state index in [1.807, 2.05) is 5.38 Å². The van der Waals surface area contributed by atoms with Gasteiger partial charge in [0, 0.05) is 18.0 Å². The van der Waals surface area contributed by atoms with Crippen LogP contribution in [-0.4, -0.2) is 30.8 Å². The molecule has 2 rings (SSSR count). The summed E-state index contributed by atoms with van der Waals surface area (Å²) in [6.45, 7) is 0.700. The smallest absolute Gasteiger partial charge is 0.261 e. The molecule has 0 unspecified atom stereocenters. The Morgan fingerprint density at radius 1 is 1.50 bits per heavy atom. The number of aliphatic hydroxyl groups is 1. The van der Waals surface area contributed by atoms with Crippen LogP contribution in [0.15, 0.2) is 11.4 Å². The fourth-order valence-electron chi connectivity index (χ4n) is 2.22. The lowest BCUT2D eigenvalue weighted by atomic mass is 9.87. The van der Waals surface area contributed by atoms with Gasteiger partial charge in [-0.3, -0.25) is 4.79 Å². The van der Waals surface area contributed by atoms with Gasteiger partial charge in [0.1, 0.15) is 5.75 Å². The van der Waals surface area contributed by atoms with Crippen molar-refractivity contribution in [2.24, 2.45) is 5.92 Å². The summed E-state index contributed by atoms with van der Waals surface area (Å²) in [6.07, 6.45) is 3.56. The van der Waals surface area contributed by atoms with Gasteiger partial charge >= 0.3 is 0 Å². The molecular weight excluding hydrogens is 250 g/mol. The van der Waals surface area contributed by atoms with Crippen LogP contribution < -0.4 is 10.1 Å². The van der Waals surface area contributed by atoms with E-state index in [1.54, 1.807) is 13.2 Å². The number of aliphatic hydroxyl groups excluding tert-OH is 1. The summed E-state index contributed by atoms with van der Waals surface area (Å²) in [5.41, 5.74) is 0. The third kappa shape index (κ3) is 3.46. The molecule has 1 fully saturated rings. The van der Waals surface area contributed by atoms with Crippen molar-refractivity contribution < 1.29 is 14.6 Å². The normalized spacial score (nSPS) is 23.7. The molecule has 100 valence electrons. The third-order valence-electron chi connectivity index (χ3n) is 3.40. The zero-order valence-electron chi connectivity index (χ0n) is 10.5. The third-order valence-corrected chi connectivity index (χ3v) is 4.31. The van der Waals surface area contributed by atoms with Gasteiger partial charge in [-0.05, 0) is 31.6 Å². The van der Waals surface area contributed by atoms with Crippen LogP contribution in [0.1, 0.15) is 35.4 Å². The van der Waals surface area contributed by atoms with Crippen molar-refractivity contribution >= 4 is 17.2 Å².